The van der Waals surface area contributed by atoms with Crippen LogP contribution in [0.15, 0.2) is 4.99 Å². The first-order valence-corrected chi connectivity index (χ1v) is 5.03. The monoisotopic (exact) mass is 169 g/mol. The maximum atomic E-state index is 4.11. The Bertz CT molecular complexity index is 123. The molecule has 72 valence electrons. The van der Waals surface area contributed by atoms with Gasteiger partial charge in [0.1, 0.15) is 0 Å². The average molecular weight is 169 g/mol. The summed E-state index contributed by atoms with van der Waals surface area (Å²) in [6, 6.07) is 0. The molecule has 0 aliphatic heterocycles. The third kappa shape index (κ3) is 4.53. The second-order valence-electron chi connectivity index (χ2n) is 4.19. The van der Waals surface area contributed by atoms with Crippen molar-refractivity contribution in [2.75, 3.05) is 0 Å². The van der Waals surface area contributed by atoms with Crippen LogP contribution >= 0.6 is 0 Å². The number of hydrogen-bond donors (Lipinski definition) is 0. The van der Waals surface area contributed by atoms with Crippen LogP contribution in [0.3, 0.4) is 0 Å². The van der Waals surface area contributed by atoms with Crippen LogP contribution in [0.25, 0.3) is 0 Å². The first kappa shape index (κ1) is 11.7. The largest absolute Gasteiger partial charge is 0.295 e. The minimum Gasteiger partial charge on any atom is -0.295 e. The summed E-state index contributed by atoms with van der Waals surface area (Å²) in [5.41, 5.74) is 0.0859. The lowest BCUT2D eigenvalue weighted by molar-refractivity contribution is 0.372. The van der Waals surface area contributed by atoms with Crippen LogP contribution in [0.4, 0.5) is 0 Å². The summed E-state index contributed by atoms with van der Waals surface area (Å²) in [6.07, 6.45) is 5.05. The predicted octanol–water partition coefficient (Wildman–Crippen LogP) is 3.68. The summed E-state index contributed by atoms with van der Waals surface area (Å²) in [6.45, 7) is 12.5. The molecule has 0 fully saturated rings. The molecule has 0 aromatic rings. The number of rotatable bonds is 6. The van der Waals surface area contributed by atoms with E-state index in [1.165, 1.54) is 25.7 Å². The van der Waals surface area contributed by atoms with Gasteiger partial charge in [-0.15, -0.1) is 0 Å². The zero-order valence-electron chi connectivity index (χ0n) is 9.06. The van der Waals surface area contributed by atoms with E-state index in [0.717, 1.165) is 5.92 Å². The molecule has 0 aromatic heterocycles. The predicted molar refractivity (Wildman–Crippen MR) is 56.9 cm³/mol. The second kappa shape index (κ2) is 5.34. The van der Waals surface area contributed by atoms with Crippen molar-refractivity contribution in [3.63, 3.8) is 0 Å². The molecule has 0 rings (SSSR count). The van der Waals surface area contributed by atoms with E-state index < -0.39 is 0 Å². The third-order valence-corrected chi connectivity index (χ3v) is 2.75. The topological polar surface area (TPSA) is 12.4 Å². The fraction of sp³-hybridized carbons (Fsp3) is 0.909. The standard InChI is InChI=1S/C11H23N/c1-6-10(7-2)8-9-11(3,4)12-5/h10H,5-9H2,1-4H3. The molecule has 0 unspecified atom stereocenters. The lowest BCUT2D eigenvalue weighted by Gasteiger charge is -2.21. The van der Waals surface area contributed by atoms with Gasteiger partial charge in [0, 0.05) is 0 Å². The molecule has 0 atom stereocenters. The Labute approximate surface area is 77.3 Å². The smallest absolute Gasteiger partial charge is 0.0545 e. The van der Waals surface area contributed by atoms with Crippen LogP contribution in [0.1, 0.15) is 53.4 Å². The van der Waals surface area contributed by atoms with Crippen LogP contribution in [-0.4, -0.2) is 12.3 Å². The minimum atomic E-state index is 0.0859. The molecule has 0 spiro atoms. The van der Waals surface area contributed by atoms with E-state index in [2.05, 4.69) is 39.4 Å². The van der Waals surface area contributed by atoms with Gasteiger partial charge < -0.3 is 0 Å². The highest BCUT2D eigenvalue weighted by atomic mass is 14.8. The quantitative estimate of drug-likeness (QED) is 0.538. The molecule has 0 aromatic carbocycles. The Hall–Kier alpha value is -0.330. The molecule has 0 N–H and O–H groups in total. The van der Waals surface area contributed by atoms with Crippen LogP contribution in [0.2, 0.25) is 0 Å². The molecule has 1 heteroatoms. The summed E-state index contributed by atoms with van der Waals surface area (Å²) >= 11 is 0. The van der Waals surface area contributed by atoms with Gasteiger partial charge in [-0.2, -0.15) is 0 Å². The van der Waals surface area contributed by atoms with Gasteiger partial charge in [-0.3, -0.25) is 4.99 Å². The van der Waals surface area contributed by atoms with Gasteiger partial charge in [0.15, 0.2) is 0 Å². The zero-order chi connectivity index (χ0) is 9.61. The Morgan fingerprint density at radius 1 is 1.25 bits per heavy atom. The van der Waals surface area contributed by atoms with E-state index in [1.807, 2.05) is 0 Å². The van der Waals surface area contributed by atoms with Gasteiger partial charge in [-0.05, 0) is 39.3 Å². The van der Waals surface area contributed by atoms with Crippen molar-refractivity contribution in [2.45, 2.75) is 58.9 Å². The summed E-state index contributed by atoms with van der Waals surface area (Å²) in [7, 11) is 0. The van der Waals surface area contributed by atoms with Gasteiger partial charge in [-0.25, -0.2) is 0 Å². The maximum Gasteiger partial charge on any atom is 0.0545 e. The Morgan fingerprint density at radius 2 is 1.75 bits per heavy atom. The van der Waals surface area contributed by atoms with Crippen molar-refractivity contribution < 1.29 is 0 Å². The van der Waals surface area contributed by atoms with Crippen molar-refractivity contribution in [3.8, 4) is 0 Å². The molecule has 12 heavy (non-hydrogen) atoms. The molecule has 0 bridgehead atoms. The normalized spacial score (nSPS) is 12.1. The van der Waals surface area contributed by atoms with E-state index in [4.69, 9.17) is 0 Å². The average Bonchev–Trinajstić information content (AvgIpc) is 2.06. The maximum absolute atomic E-state index is 4.11. The highest BCUT2D eigenvalue weighted by Gasteiger charge is 2.15. The van der Waals surface area contributed by atoms with Crippen molar-refractivity contribution in [3.05, 3.63) is 0 Å². The molecule has 0 aliphatic carbocycles. The van der Waals surface area contributed by atoms with Crippen LogP contribution < -0.4 is 0 Å². The molecular weight excluding hydrogens is 146 g/mol. The summed E-state index contributed by atoms with van der Waals surface area (Å²) in [5, 5.41) is 0. The Morgan fingerprint density at radius 3 is 2.08 bits per heavy atom. The first-order valence-electron chi connectivity index (χ1n) is 5.03. The number of hydrogen-bond acceptors (Lipinski definition) is 1. The van der Waals surface area contributed by atoms with Gasteiger partial charge >= 0.3 is 0 Å². The molecule has 0 saturated heterocycles. The van der Waals surface area contributed by atoms with Crippen molar-refractivity contribution in [1.82, 2.24) is 0 Å². The van der Waals surface area contributed by atoms with Crippen LogP contribution in [0.5, 0.6) is 0 Å². The second-order valence-corrected chi connectivity index (χ2v) is 4.19. The van der Waals surface area contributed by atoms with Gasteiger partial charge in [0.2, 0.25) is 0 Å². The molecule has 0 heterocycles. The van der Waals surface area contributed by atoms with Crippen molar-refractivity contribution >= 4 is 6.72 Å². The van der Waals surface area contributed by atoms with E-state index >= 15 is 0 Å². The molecule has 1 nitrogen and oxygen atoms in total. The summed E-state index contributed by atoms with van der Waals surface area (Å²) < 4.78 is 0. The van der Waals surface area contributed by atoms with Crippen LogP contribution in [0, 0.1) is 5.92 Å². The zero-order valence-corrected chi connectivity index (χ0v) is 9.06. The SMILES string of the molecule is C=NC(C)(C)CCC(CC)CC. The molecule has 0 saturated carbocycles. The van der Waals surface area contributed by atoms with E-state index in [9.17, 15) is 0 Å². The highest BCUT2D eigenvalue weighted by Crippen LogP contribution is 2.22. The van der Waals surface area contributed by atoms with E-state index in [0.29, 0.717) is 0 Å². The Balaban J connectivity index is 3.72. The fourth-order valence-electron chi connectivity index (χ4n) is 1.33. The van der Waals surface area contributed by atoms with Gasteiger partial charge in [0.05, 0.1) is 5.54 Å². The Kier molecular flexibility index (Phi) is 5.19. The van der Waals surface area contributed by atoms with Gasteiger partial charge in [-0.1, -0.05) is 26.7 Å². The van der Waals surface area contributed by atoms with E-state index in [-0.39, 0.29) is 5.54 Å². The summed E-state index contributed by atoms with van der Waals surface area (Å²) in [5.74, 6) is 0.881. The number of aliphatic imine (C=N–C) groups is 1. The van der Waals surface area contributed by atoms with Crippen LogP contribution in [-0.2, 0) is 0 Å². The molecule has 0 amide bonds. The van der Waals surface area contributed by atoms with E-state index in [1.54, 1.807) is 0 Å². The third-order valence-electron chi connectivity index (χ3n) is 2.75. The molecule has 0 aliphatic rings. The lowest BCUT2D eigenvalue weighted by Crippen LogP contribution is -2.17. The van der Waals surface area contributed by atoms with Gasteiger partial charge in [0.25, 0.3) is 0 Å². The highest BCUT2D eigenvalue weighted by molar-refractivity contribution is 5.25. The van der Waals surface area contributed by atoms with Crippen molar-refractivity contribution in [2.24, 2.45) is 10.9 Å². The minimum absolute atomic E-state index is 0.0859. The molecule has 0 radical (unpaired) electrons. The first-order chi connectivity index (χ1) is 5.55. The number of nitrogens with zero attached hydrogens (tertiary/aromatic N) is 1. The lowest BCUT2D eigenvalue weighted by atomic mass is 9.90. The summed E-state index contributed by atoms with van der Waals surface area (Å²) in [4.78, 5) is 4.11. The molecular formula is C11H23N. The fourth-order valence-corrected chi connectivity index (χ4v) is 1.33. The van der Waals surface area contributed by atoms with Crippen molar-refractivity contribution in [1.29, 1.82) is 0 Å².